The van der Waals surface area contributed by atoms with Crippen molar-refractivity contribution in [2.45, 2.75) is 25.4 Å². The van der Waals surface area contributed by atoms with E-state index in [4.69, 9.17) is 0 Å². The molecule has 0 aromatic heterocycles. The number of amides is 1. The zero-order valence-corrected chi connectivity index (χ0v) is 15.7. The van der Waals surface area contributed by atoms with E-state index in [1.807, 2.05) is 0 Å². The van der Waals surface area contributed by atoms with Gasteiger partial charge in [0.15, 0.2) is 0 Å². The Morgan fingerprint density at radius 1 is 1.07 bits per heavy atom. The lowest BCUT2D eigenvalue weighted by atomic mass is 10.2. The van der Waals surface area contributed by atoms with Gasteiger partial charge in [-0.05, 0) is 36.4 Å². The van der Waals surface area contributed by atoms with Crippen LogP contribution in [0.15, 0.2) is 53.4 Å². The third kappa shape index (κ3) is 5.01. The fraction of sp³-hybridized carbons (Fsp3) is 0.278. The van der Waals surface area contributed by atoms with Gasteiger partial charge in [-0.3, -0.25) is 4.79 Å². The number of nitrogens with zero attached hydrogens (tertiary/aromatic N) is 1. The average Bonchev–Trinajstić information content (AvgIpc) is 2.63. The highest BCUT2D eigenvalue weighted by Gasteiger charge is 2.21. The highest BCUT2D eigenvalue weighted by molar-refractivity contribution is 7.89. The minimum absolute atomic E-state index is 0.0577. The summed E-state index contributed by atoms with van der Waals surface area (Å²) in [7, 11) is -3.60. The molecule has 1 amide bonds. The maximum Gasteiger partial charge on any atom is 0.387 e. The van der Waals surface area contributed by atoms with Gasteiger partial charge in [0.05, 0.1) is 10.5 Å². The lowest BCUT2D eigenvalue weighted by Gasteiger charge is -2.18. The Morgan fingerprint density at radius 2 is 1.67 bits per heavy atom. The molecule has 0 heterocycles. The molecule has 0 saturated heterocycles. The van der Waals surface area contributed by atoms with Crippen molar-refractivity contribution in [3.8, 4) is 5.75 Å². The molecule has 0 aliphatic rings. The summed E-state index contributed by atoms with van der Waals surface area (Å²) in [5.74, 6) is -0.892. The largest absolute Gasteiger partial charge is 0.434 e. The molecule has 0 spiro atoms. The predicted octanol–water partition coefficient (Wildman–Crippen LogP) is 3.57. The first kappa shape index (κ1) is 20.8. The van der Waals surface area contributed by atoms with E-state index < -0.39 is 22.5 Å². The van der Waals surface area contributed by atoms with Gasteiger partial charge in [0.2, 0.25) is 10.0 Å². The van der Waals surface area contributed by atoms with Gasteiger partial charge in [-0.2, -0.15) is 13.1 Å². The van der Waals surface area contributed by atoms with Crippen LogP contribution in [0.5, 0.6) is 5.75 Å². The summed E-state index contributed by atoms with van der Waals surface area (Å²) in [6.45, 7) is 1.13. The Balaban J connectivity index is 2.19. The van der Waals surface area contributed by atoms with Crippen molar-refractivity contribution in [1.29, 1.82) is 0 Å². The average molecular weight is 398 g/mol. The van der Waals surface area contributed by atoms with Crippen LogP contribution in [-0.2, 0) is 10.0 Å². The molecule has 146 valence electrons. The zero-order valence-electron chi connectivity index (χ0n) is 14.9. The first-order valence-corrected chi connectivity index (χ1v) is 9.69. The molecule has 0 atom stereocenters. The van der Waals surface area contributed by atoms with E-state index in [1.165, 1.54) is 52.8 Å². The van der Waals surface area contributed by atoms with Crippen molar-refractivity contribution in [3.05, 3.63) is 54.1 Å². The maximum atomic E-state index is 12.5. The fourth-order valence-electron chi connectivity index (χ4n) is 2.47. The minimum atomic E-state index is -3.60. The molecule has 2 rings (SSSR count). The van der Waals surface area contributed by atoms with Gasteiger partial charge >= 0.3 is 6.61 Å². The summed E-state index contributed by atoms with van der Waals surface area (Å²) in [4.78, 5) is 12.4. The summed E-state index contributed by atoms with van der Waals surface area (Å²) in [5.41, 5.74) is 0.267. The quantitative estimate of drug-likeness (QED) is 0.738. The number of alkyl halides is 2. The fourth-order valence-corrected chi connectivity index (χ4v) is 3.93. The van der Waals surface area contributed by atoms with Crippen LogP contribution in [-0.4, -0.2) is 38.3 Å². The van der Waals surface area contributed by atoms with Gasteiger partial charge in [0.1, 0.15) is 5.75 Å². The number of halogens is 2. The summed E-state index contributed by atoms with van der Waals surface area (Å²) in [6.07, 6.45) is 0. The van der Waals surface area contributed by atoms with Crippen LogP contribution in [0.4, 0.5) is 14.5 Å². The summed E-state index contributed by atoms with van der Waals surface area (Å²) in [6, 6.07) is 11.2. The number of carbonyl (C=O) groups excluding carboxylic acids is 1. The van der Waals surface area contributed by atoms with Crippen LogP contribution in [0.3, 0.4) is 0 Å². The van der Waals surface area contributed by atoms with E-state index in [0.717, 1.165) is 0 Å². The van der Waals surface area contributed by atoms with Crippen molar-refractivity contribution in [2.75, 3.05) is 18.4 Å². The third-order valence-corrected chi connectivity index (χ3v) is 5.87. The van der Waals surface area contributed by atoms with E-state index in [9.17, 15) is 22.0 Å². The molecule has 0 aliphatic carbocycles. The van der Waals surface area contributed by atoms with Gasteiger partial charge in [0, 0.05) is 18.8 Å². The van der Waals surface area contributed by atoms with Crippen LogP contribution in [0.1, 0.15) is 24.2 Å². The number of sulfonamides is 1. The number of hydrogen-bond acceptors (Lipinski definition) is 4. The monoisotopic (exact) mass is 398 g/mol. The Bertz CT molecular complexity index is 882. The minimum Gasteiger partial charge on any atom is -0.434 e. The second-order valence-electron chi connectivity index (χ2n) is 5.44. The number of nitrogens with one attached hydrogen (secondary N) is 1. The number of para-hydroxylation sites is 1. The smallest absolute Gasteiger partial charge is 0.387 e. The molecule has 2 aromatic rings. The number of carbonyl (C=O) groups is 1. The van der Waals surface area contributed by atoms with E-state index in [0.29, 0.717) is 18.8 Å². The molecule has 0 aliphatic heterocycles. The van der Waals surface area contributed by atoms with Gasteiger partial charge in [-0.1, -0.05) is 26.0 Å². The van der Waals surface area contributed by atoms with E-state index in [-0.39, 0.29) is 16.2 Å². The van der Waals surface area contributed by atoms with Crippen LogP contribution < -0.4 is 10.1 Å². The normalized spacial score (nSPS) is 11.6. The number of anilines is 1. The molecule has 0 fully saturated rings. The molecule has 1 N–H and O–H groups in total. The Hall–Kier alpha value is -2.52. The van der Waals surface area contributed by atoms with Gasteiger partial charge in [-0.25, -0.2) is 8.42 Å². The predicted molar refractivity (Wildman–Crippen MR) is 97.6 cm³/mol. The highest BCUT2D eigenvalue weighted by Crippen LogP contribution is 2.23. The highest BCUT2D eigenvalue weighted by atomic mass is 32.2. The van der Waals surface area contributed by atoms with E-state index >= 15 is 0 Å². The molecular formula is C18H20F2N2O4S. The van der Waals surface area contributed by atoms with Crippen molar-refractivity contribution in [1.82, 2.24) is 4.31 Å². The SMILES string of the molecule is CCN(CC)S(=O)(=O)c1ccc(NC(=O)c2ccccc2OC(F)F)cc1. The number of ether oxygens (including phenoxy) is 1. The number of rotatable bonds is 8. The number of hydrogen-bond donors (Lipinski definition) is 1. The second kappa shape index (κ2) is 8.92. The Morgan fingerprint density at radius 3 is 2.22 bits per heavy atom. The first-order chi connectivity index (χ1) is 12.8. The molecular weight excluding hydrogens is 378 g/mol. The van der Waals surface area contributed by atoms with Crippen molar-refractivity contribution < 1.29 is 26.7 Å². The molecule has 6 nitrogen and oxygen atoms in total. The molecule has 0 radical (unpaired) electrons. The number of benzene rings is 2. The lowest BCUT2D eigenvalue weighted by Crippen LogP contribution is -2.30. The molecule has 9 heteroatoms. The summed E-state index contributed by atoms with van der Waals surface area (Å²) < 4.78 is 55.5. The lowest BCUT2D eigenvalue weighted by molar-refractivity contribution is -0.0501. The van der Waals surface area contributed by atoms with Crippen molar-refractivity contribution in [3.63, 3.8) is 0 Å². The van der Waals surface area contributed by atoms with E-state index in [2.05, 4.69) is 10.1 Å². The van der Waals surface area contributed by atoms with Crippen LogP contribution in [0.25, 0.3) is 0 Å². The molecule has 0 saturated carbocycles. The van der Waals surface area contributed by atoms with Crippen LogP contribution in [0, 0.1) is 0 Å². The van der Waals surface area contributed by atoms with Gasteiger partial charge < -0.3 is 10.1 Å². The second-order valence-corrected chi connectivity index (χ2v) is 7.38. The topological polar surface area (TPSA) is 75.7 Å². The van der Waals surface area contributed by atoms with Gasteiger partial charge in [0.25, 0.3) is 5.91 Å². The van der Waals surface area contributed by atoms with Gasteiger partial charge in [-0.15, -0.1) is 0 Å². The molecule has 0 bridgehead atoms. The summed E-state index contributed by atoms with van der Waals surface area (Å²) in [5, 5.41) is 2.54. The van der Waals surface area contributed by atoms with Crippen molar-refractivity contribution >= 4 is 21.6 Å². The Labute approximate surface area is 156 Å². The molecule has 0 unspecified atom stereocenters. The van der Waals surface area contributed by atoms with Crippen LogP contribution in [0.2, 0.25) is 0 Å². The third-order valence-electron chi connectivity index (χ3n) is 3.80. The van der Waals surface area contributed by atoms with Crippen molar-refractivity contribution in [2.24, 2.45) is 0 Å². The summed E-state index contributed by atoms with van der Waals surface area (Å²) >= 11 is 0. The first-order valence-electron chi connectivity index (χ1n) is 8.25. The van der Waals surface area contributed by atoms with Crippen LogP contribution >= 0.6 is 0 Å². The molecule has 2 aromatic carbocycles. The molecule has 27 heavy (non-hydrogen) atoms. The Kier molecular flexibility index (Phi) is 6.86. The standard InChI is InChI=1S/C18H20F2N2O4S/c1-3-22(4-2)27(24,25)14-11-9-13(10-12-14)21-17(23)15-7-5-6-8-16(15)26-18(19)20/h5-12,18H,3-4H2,1-2H3,(H,21,23). The maximum absolute atomic E-state index is 12.5. The zero-order chi connectivity index (χ0) is 20.0. The van der Waals surface area contributed by atoms with E-state index in [1.54, 1.807) is 13.8 Å².